The number of anilines is 3. The molecule has 0 saturated carbocycles. The molecule has 0 radical (unpaired) electrons. The summed E-state index contributed by atoms with van der Waals surface area (Å²) in [5.41, 5.74) is 8.30. The smallest absolute Gasteiger partial charge is 0.0468 e. The average Bonchev–Trinajstić information content (AvgIpc) is 2.93. The lowest BCUT2D eigenvalue weighted by Crippen LogP contribution is -2.10. The Hall–Kier alpha value is -4.69. The van der Waals surface area contributed by atoms with Gasteiger partial charge in [0.15, 0.2) is 0 Å². The van der Waals surface area contributed by atoms with Crippen molar-refractivity contribution in [1.82, 2.24) is 4.98 Å². The largest absolute Gasteiger partial charge is 0.310 e. The molecule has 37 heavy (non-hydrogen) atoms. The molecule has 0 N–H and O–H groups in total. The van der Waals surface area contributed by atoms with Crippen molar-refractivity contribution in [3.8, 4) is 0 Å². The van der Waals surface area contributed by atoms with E-state index >= 15 is 0 Å². The summed E-state index contributed by atoms with van der Waals surface area (Å²) >= 11 is 0. The maximum atomic E-state index is 4.13. The van der Waals surface area contributed by atoms with Gasteiger partial charge in [-0.25, -0.2) is 0 Å². The van der Waals surface area contributed by atoms with Crippen LogP contribution in [0.3, 0.4) is 0 Å². The van der Waals surface area contributed by atoms with Gasteiger partial charge in [0.25, 0.3) is 0 Å². The molecule has 5 aromatic carbocycles. The molecule has 0 bridgehead atoms. The zero-order chi connectivity index (χ0) is 25.2. The molecule has 0 unspecified atom stereocenters. The molecule has 0 saturated heterocycles. The number of aromatic nitrogens is 1. The van der Waals surface area contributed by atoms with Crippen LogP contribution in [0.25, 0.3) is 33.7 Å². The molecule has 178 valence electrons. The number of pyridine rings is 1. The molecule has 0 spiro atoms. The molecule has 2 nitrogen and oxygen atoms in total. The van der Waals surface area contributed by atoms with Gasteiger partial charge in [0, 0.05) is 29.5 Å². The predicted molar refractivity (Wildman–Crippen MR) is 159 cm³/mol. The Kier molecular flexibility index (Phi) is 6.00. The molecule has 0 atom stereocenters. The molecule has 1 aromatic heterocycles. The second-order valence-electron chi connectivity index (χ2n) is 9.54. The van der Waals surface area contributed by atoms with Crippen molar-refractivity contribution in [3.05, 3.63) is 144 Å². The minimum absolute atomic E-state index is 1.14. The normalized spacial score (nSPS) is 11.4. The summed E-state index contributed by atoms with van der Waals surface area (Å²) in [6.45, 7) is 4.29. The third-order valence-electron chi connectivity index (χ3n) is 6.82. The van der Waals surface area contributed by atoms with Crippen LogP contribution >= 0.6 is 0 Å². The van der Waals surface area contributed by atoms with E-state index in [4.69, 9.17) is 0 Å². The lowest BCUT2D eigenvalue weighted by atomic mass is 9.96. The van der Waals surface area contributed by atoms with Gasteiger partial charge in [-0.3, -0.25) is 4.98 Å². The highest BCUT2D eigenvalue weighted by Gasteiger charge is 2.15. The van der Waals surface area contributed by atoms with Crippen molar-refractivity contribution in [3.63, 3.8) is 0 Å². The first-order chi connectivity index (χ1) is 18.2. The van der Waals surface area contributed by atoms with Crippen molar-refractivity contribution in [2.45, 2.75) is 13.8 Å². The first kappa shape index (κ1) is 22.8. The first-order valence-corrected chi connectivity index (χ1v) is 12.6. The van der Waals surface area contributed by atoms with Gasteiger partial charge in [-0.2, -0.15) is 0 Å². The highest BCUT2D eigenvalue weighted by molar-refractivity contribution is 6.12. The molecule has 0 aliphatic rings. The van der Waals surface area contributed by atoms with E-state index in [2.05, 4.69) is 133 Å². The fraction of sp³-hybridized carbons (Fsp3) is 0.0571. The fourth-order valence-corrected chi connectivity index (χ4v) is 5.04. The fourth-order valence-electron chi connectivity index (χ4n) is 5.04. The molecular formula is C35H28N2. The van der Waals surface area contributed by atoms with Crippen molar-refractivity contribution < 1.29 is 0 Å². The Bertz CT molecular complexity index is 1700. The van der Waals surface area contributed by atoms with E-state index in [-0.39, 0.29) is 0 Å². The van der Waals surface area contributed by atoms with E-state index in [0.29, 0.717) is 0 Å². The highest BCUT2D eigenvalue weighted by atomic mass is 15.1. The third-order valence-corrected chi connectivity index (χ3v) is 6.82. The van der Waals surface area contributed by atoms with E-state index in [9.17, 15) is 0 Å². The van der Waals surface area contributed by atoms with Crippen LogP contribution in [0.5, 0.6) is 0 Å². The van der Waals surface area contributed by atoms with Crippen molar-refractivity contribution in [2.24, 2.45) is 0 Å². The monoisotopic (exact) mass is 476 g/mol. The molecule has 6 aromatic rings. The van der Waals surface area contributed by atoms with Gasteiger partial charge in [-0.05, 0) is 112 Å². The summed E-state index contributed by atoms with van der Waals surface area (Å²) in [6.07, 6.45) is 8.01. The Morgan fingerprint density at radius 3 is 1.86 bits per heavy atom. The number of hydrogen-bond donors (Lipinski definition) is 0. The van der Waals surface area contributed by atoms with E-state index < -0.39 is 0 Å². The molecule has 0 amide bonds. The maximum Gasteiger partial charge on any atom is 0.0468 e. The molecule has 0 aliphatic heterocycles. The van der Waals surface area contributed by atoms with Gasteiger partial charge in [0.2, 0.25) is 0 Å². The van der Waals surface area contributed by atoms with Crippen molar-refractivity contribution >= 4 is 50.8 Å². The van der Waals surface area contributed by atoms with Crippen LogP contribution in [-0.2, 0) is 0 Å². The summed E-state index contributed by atoms with van der Waals surface area (Å²) < 4.78 is 0. The second-order valence-corrected chi connectivity index (χ2v) is 9.54. The summed E-state index contributed by atoms with van der Waals surface area (Å²) in [4.78, 5) is 6.48. The van der Waals surface area contributed by atoms with Crippen LogP contribution in [0.4, 0.5) is 17.1 Å². The molecular weight excluding hydrogens is 448 g/mol. The second kappa shape index (κ2) is 9.75. The van der Waals surface area contributed by atoms with E-state index in [1.54, 1.807) is 0 Å². The van der Waals surface area contributed by atoms with Crippen LogP contribution < -0.4 is 4.90 Å². The molecule has 1 heterocycles. The quantitative estimate of drug-likeness (QED) is 0.230. The first-order valence-electron chi connectivity index (χ1n) is 12.6. The molecule has 2 heteroatoms. The van der Waals surface area contributed by atoms with Crippen molar-refractivity contribution in [2.75, 3.05) is 4.90 Å². The van der Waals surface area contributed by atoms with Gasteiger partial charge in [0.1, 0.15) is 0 Å². The highest BCUT2D eigenvalue weighted by Crippen LogP contribution is 2.39. The van der Waals surface area contributed by atoms with Gasteiger partial charge in [-0.15, -0.1) is 0 Å². The lowest BCUT2D eigenvalue weighted by molar-refractivity contribution is 1.26. The maximum absolute atomic E-state index is 4.13. The topological polar surface area (TPSA) is 16.1 Å². The predicted octanol–water partition coefficient (Wildman–Crippen LogP) is 9.65. The summed E-state index contributed by atoms with van der Waals surface area (Å²) in [7, 11) is 0. The Morgan fingerprint density at radius 1 is 0.541 bits per heavy atom. The average molecular weight is 477 g/mol. The zero-order valence-corrected chi connectivity index (χ0v) is 21.1. The Balaban J connectivity index is 1.53. The third kappa shape index (κ3) is 4.62. The molecule has 6 rings (SSSR count). The molecule has 0 fully saturated rings. The Labute approximate surface area is 218 Å². The number of rotatable bonds is 5. The summed E-state index contributed by atoms with van der Waals surface area (Å²) in [6, 6.07) is 39.3. The van der Waals surface area contributed by atoms with Crippen LogP contribution in [0.1, 0.15) is 22.3 Å². The number of aryl methyl sites for hydroxylation is 2. The van der Waals surface area contributed by atoms with Gasteiger partial charge >= 0.3 is 0 Å². The Morgan fingerprint density at radius 2 is 1.19 bits per heavy atom. The van der Waals surface area contributed by atoms with Crippen molar-refractivity contribution in [1.29, 1.82) is 0 Å². The van der Waals surface area contributed by atoms with E-state index in [0.717, 1.165) is 22.6 Å². The van der Waals surface area contributed by atoms with E-state index in [1.807, 2.05) is 24.5 Å². The van der Waals surface area contributed by atoms with Gasteiger partial charge in [0.05, 0.1) is 0 Å². The molecule has 0 aliphatic carbocycles. The number of nitrogens with zero attached hydrogens (tertiary/aromatic N) is 2. The summed E-state index contributed by atoms with van der Waals surface area (Å²) in [5, 5.41) is 4.98. The lowest BCUT2D eigenvalue weighted by Gasteiger charge is -2.26. The van der Waals surface area contributed by atoms with Crippen LogP contribution in [0, 0.1) is 13.8 Å². The minimum Gasteiger partial charge on any atom is -0.310 e. The number of fused-ring (bicyclic) bond motifs is 3. The van der Waals surface area contributed by atoms with Crippen LogP contribution in [-0.4, -0.2) is 4.98 Å². The van der Waals surface area contributed by atoms with E-state index in [1.165, 1.54) is 38.2 Å². The number of benzene rings is 5. The minimum atomic E-state index is 1.14. The van der Waals surface area contributed by atoms with Gasteiger partial charge < -0.3 is 4.90 Å². The summed E-state index contributed by atoms with van der Waals surface area (Å²) in [5.74, 6) is 0. The number of hydrogen-bond acceptors (Lipinski definition) is 2. The van der Waals surface area contributed by atoms with Crippen LogP contribution in [0.2, 0.25) is 0 Å². The standard InChI is InChI=1S/C35H28N2/c1-25-7-5-9-30(21-25)37(31-10-6-8-26(2)22-31)32-16-15-29-23-28(14-13-27-17-19-36-20-18-27)33-11-3-4-12-34(33)35(29)24-32/h3-24H,1-2H3/b14-13+. The van der Waals surface area contributed by atoms with Gasteiger partial charge in [-0.1, -0.05) is 66.7 Å². The zero-order valence-electron chi connectivity index (χ0n) is 21.1. The SMILES string of the molecule is Cc1cccc(N(c2cccc(C)c2)c2ccc3cc(/C=C/c4ccncc4)c4ccccc4c3c2)c1. The van der Waals surface area contributed by atoms with Crippen LogP contribution in [0.15, 0.2) is 122 Å².